The first-order chi connectivity index (χ1) is 13.0. The van der Waals surface area contributed by atoms with Gasteiger partial charge in [0.15, 0.2) is 0 Å². The average molecular weight is 389 g/mol. The molecule has 7 atom stereocenters. The van der Waals surface area contributed by atoms with Crippen molar-refractivity contribution >= 4 is 11.8 Å². The molecule has 4 saturated carbocycles. The molecule has 0 amide bonds. The summed E-state index contributed by atoms with van der Waals surface area (Å²) >= 11 is 0. The summed E-state index contributed by atoms with van der Waals surface area (Å²) in [5.74, 6) is 1.93. The van der Waals surface area contributed by atoms with Crippen molar-refractivity contribution in [1.29, 1.82) is 0 Å². The Morgan fingerprint density at radius 2 is 1.61 bits per heavy atom. The van der Waals surface area contributed by atoms with E-state index in [9.17, 15) is 9.59 Å². The number of rotatable bonds is 1. The minimum Gasteiger partial charge on any atom is -0.462 e. The topological polar surface area (TPSA) is 43.4 Å². The lowest BCUT2D eigenvalue weighted by Gasteiger charge is -2.70. The number of ether oxygens (including phenoxy) is 1. The highest BCUT2D eigenvalue weighted by Crippen LogP contribution is 2.73. The van der Waals surface area contributed by atoms with Crippen molar-refractivity contribution in [3.05, 3.63) is 0 Å². The van der Waals surface area contributed by atoms with Crippen molar-refractivity contribution < 1.29 is 14.3 Å². The third kappa shape index (κ3) is 2.53. The minimum atomic E-state index is -0.143. The summed E-state index contributed by atoms with van der Waals surface area (Å²) < 4.78 is 5.80. The Morgan fingerprint density at radius 3 is 2.29 bits per heavy atom. The molecule has 0 aliphatic heterocycles. The van der Waals surface area contributed by atoms with E-state index in [1.54, 1.807) is 6.92 Å². The molecule has 0 N–H and O–H groups in total. The van der Waals surface area contributed by atoms with Gasteiger partial charge in [-0.25, -0.2) is 0 Å². The number of hydrogen-bond acceptors (Lipinski definition) is 3. The van der Waals surface area contributed by atoms with Crippen molar-refractivity contribution in [2.45, 2.75) is 105 Å². The Kier molecular flexibility index (Phi) is 4.61. The Hall–Kier alpha value is -0.860. The lowest BCUT2D eigenvalue weighted by Crippen LogP contribution is -2.65. The molecule has 28 heavy (non-hydrogen) atoms. The number of ketones is 1. The van der Waals surface area contributed by atoms with Gasteiger partial charge in [-0.1, -0.05) is 34.6 Å². The SMILES string of the molecule is CC(=O)OC1CCC2(C)C(CCC3(C)C2CCC2C(=O)CCC[C@]23C)C1(C)C. The van der Waals surface area contributed by atoms with E-state index >= 15 is 0 Å². The van der Waals surface area contributed by atoms with Crippen molar-refractivity contribution in [3.63, 3.8) is 0 Å². The molecule has 4 rings (SSSR count). The lowest BCUT2D eigenvalue weighted by molar-refractivity contribution is -0.231. The summed E-state index contributed by atoms with van der Waals surface area (Å²) in [7, 11) is 0. The lowest BCUT2D eigenvalue weighted by atomic mass is 9.34. The summed E-state index contributed by atoms with van der Waals surface area (Å²) in [4.78, 5) is 24.5. The monoisotopic (exact) mass is 388 g/mol. The van der Waals surface area contributed by atoms with E-state index in [0.29, 0.717) is 17.6 Å². The number of esters is 1. The largest absolute Gasteiger partial charge is 0.462 e. The number of Topliss-reactive ketones (excluding diaryl/α,β-unsaturated/α-hetero) is 1. The van der Waals surface area contributed by atoms with Crippen LogP contribution < -0.4 is 0 Å². The molecule has 6 unspecified atom stereocenters. The van der Waals surface area contributed by atoms with Gasteiger partial charge in [0.1, 0.15) is 11.9 Å². The zero-order valence-electron chi connectivity index (χ0n) is 18.9. The van der Waals surface area contributed by atoms with E-state index in [0.717, 1.165) is 32.1 Å². The van der Waals surface area contributed by atoms with Crippen molar-refractivity contribution in [3.8, 4) is 0 Å². The van der Waals surface area contributed by atoms with Crippen LogP contribution in [0.15, 0.2) is 0 Å². The Morgan fingerprint density at radius 1 is 0.893 bits per heavy atom. The Balaban J connectivity index is 1.70. The predicted molar refractivity (Wildman–Crippen MR) is 111 cm³/mol. The van der Waals surface area contributed by atoms with Crippen LogP contribution >= 0.6 is 0 Å². The second kappa shape index (κ2) is 6.32. The standard InChI is InChI=1S/C25H40O3/c1-16(26)28-21-12-14-23(4)19(22(21,2)3)11-15-25(6)20(23)10-9-17-18(27)8-7-13-24(17,25)5/h17,19-21H,7-15H2,1-6H3/t17?,19?,20?,21?,23?,24-,25?/m1/s1. The zero-order chi connectivity index (χ0) is 20.5. The van der Waals surface area contributed by atoms with Crippen molar-refractivity contribution in [2.24, 2.45) is 39.4 Å². The fourth-order valence-electron chi connectivity index (χ4n) is 9.10. The molecule has 0 saturated heterocycles. The number of hydrogen-bond donors (Lipinski definition) is 0. The van der Waals surface area contributed by atoms with Gasteiger partial charge in [0.2, 0.25) is 0 Å². The van der Waals surface area contributed by atoms with E-state index in [4.69, 9.17) is 4.74 Å². The van der Waals surface area contributed by atoms with Crippen LogP contribution in [0.4, 0.5) is 0 Å². The van der Waals surface area contributed by atoms with Gasteiger partial charge in [0.25, 0.3) is 0 Å². The number of carbonyl (C=O) groups is 2. The van der Waals surface area contributed by atoms with E-state index in [2.05, 4.69) is 34.6 Å². The summed E-state index contributed by atoms with van der Waals surface area (Å²) in [5.41, 5.74) is 0.708. The van der Waals surface area contributed by atoms with Crippen LogP contribution in [0.1, 0.15) is 99.3 Å². The van der Waals surface area contributed by atoms with Crippen LogP contribution in [0, 0.1) is 39.4 Å². The molecule has 0 aromatic carbocycles. The van der Waals surface area contributed by atoms with E-state index < -0.39 is 0 Å². The van der Waals surface area contributed by atoms with Gasteiger partial charge < -0.3 is 4.74 Å². The maximum atomic E-state index is 12.8. The quantitative estimate of drug-likeness (QED) is 0.522. The highest BCUT2D eigenvalue weighted by Gasteiger charge is 2.68. The minimum absolute atomic E-state index is 0.0140. The molecule has 0 bridgehead atoms. The first-order valence-corrected chi connectivity index (χ1v) is 11.7. The van der Waals surface area contributed by atoms with Crippen LogP contribution in [0.3, 0.4) is 0 Å². The van der Waals surface area contributed by atoms with Gasteiger partial charge in [-0.2, -0.15) is 0 Å². The Labute approximate surface area is 171 Å². The molecule has 3 heteroatoms. The maximum Gasteiger partial charge on any atom is 0.302 e. The van der Waals surface area contributed by atoms with Gasteiger partial charge in [-0.3, -0.25) is 9.59 Å². The molecule has 4 aliphatic carbocycles. The molecule has 0 aromatic rings. The molecule has 4 aliphatic rings. The summed E-state index contributed by atoms with van der Waals surface area (Å²) in [6, 6.07) is 0. The molecule has 3 nitrogen and oxygen atoms in total. The fourth-order valence-corrected chi connectivity index (χ4v) is 9.10. The van der Waals surface area contributed by atoms with E-state index in [1.807, 2.05) is 0 Å². The zero-order valence-corrected chi connectivity index (χ0v) is 18.9. The first-order valence-electron chi connectivity index (χ1n) is 11.7. The first kappa shape index (κ1) is 20.4. The number of fused-ring (bicyclic) bond motifs is 5. The molecular weight excluding hydrogens is 348 g/mol. The van der Waals surface area contributed by atoms with Crippen LogP contribution in [-0.4, -0.2) is 17.9 Å². The van der Waals surface area contributed by atoms with Gasteiger partial charge in [0.05, 0.1) is 0 Å². The average Bonchev–Trinajstić information content (AvgIpc) is 2.58. The fraction of sp³-hybridized carbons (Fsp3) is 0.920. The summed E-state index contributed by atoms with van der Waals surface area (Å²) in [6.07, 6.45) is 9.97. The van der Waals surface area contributed by atoms with E-state index in [1.165, 1.54) is 25.7 Å². The van der Waals surface area contributed by atoms with Gasteiger partial charge in [-0.15, -0.1) is 0 Å². The van der Waals surface area contributed by atoms with E-state index in [-0.39, 0.29) is 39.7 Å². The molecule has 0 aromatic heterocycles. The van der Waals surface area contributed by atoms with Crippen molar-refractivity contribution in [2.75, 3.05) is 0 Å². The van der Waals surface area contributed by atoms with Gasteiger partial charge >= 0.3 is 5.97 Å². The number of carbonyl (C=O) groups excluding carboxylic acids is 2. The molecular formula is C25H40O3. The van der Waals surface area contributed by atoms with Gasteiger partial charge in [-0.05, 0) is 79.4 Å². The maximum absolute atomic E-state index is 12.8. The normalized spacial score (nSPS) is 50.1. The van der Waals surface area contributed by atoms with Crippen LogP contribution in [0.5, 0.6) is 0 Å². The summed E-state index contributed by atoms with van der Waals surface area (Å²) in [5, 5.41) is 0. The highest BCUT2D eigenvalue weighted by molar-refractivity contribution is 5.83. The van der Waals surface area contributed by atoms with Crippen LogP contribution in [-0.2, 0) is 14.3 Å². The smallest absolute Gasteiger partial charge is 0.302 e. The second-order valence-corrected chi connectivity index (χ2v) is 11.9. The summed E-state index contributed by atoms with van der Waals surface area (Å²) in [6.45, 7) is 13.8. The second-order valence-electron chi connectivity index (χ2n) is 11.9. The molecule has 0 radical (unpaired) electrons. The third-order valence-electron chi connectivity index (χ3n) is 10.6. The third-order valence-corrected chi connectivity index (χ3v) is 10.6. The highest BCUT2D eigenvalue weighted by atomic mass is 16.5. The molecule has 4 fully saturated rings. The molecule has 0 spiro atoms. The predicted octanol–water partition coefficient (Wildman–Crippen LogP) is 5.95. The van der Waals surface area contributed by atoms with Crippen LogP contribution in [0.25, 0.3) is 0 Å². The van der Waals surface area contributed by atoms with Crippen molar-refractivity contribution in [1.82, 2.24) is 0 Å². The molecule has 158 valence electrons. The molecule has 0 heterocycles. The van der Waals surface area contributed by atoms with Crippen LogP contribution in [0.2, 0.25) is 0 Å². The Bertz CT molecular complexity index is 681. The van der Waals surface area contributed by atoms with Gasteiger partial charge in [0, 0.05) is 24.7 Å².